The van der Waals surface area contributed by atoms with Crippen LogP contribution in [0.4, 0.5) is 10.1 Å². The van der Waals surface area contributed by atoms with Gasteiger partial charge in [0.25, 0.3) is 11.8 Å². The van der Waals surface area contributed by atoms with Gasteiger partial charge in [0.05, 0.1) is 6.26 Å². The second-order valence-electron chi connectivity index (χ2n) is 8.13. The number of amides is 3. The number of nitrogens with one attached hydrogen (secondary N) is 2. The van der Waals surface area contributed by atoms with Crippen LogP contribution in [0.5, 0.6) is 0 Å². The van der Waals surface area contributed by atoms with Crippen LogP contribution >= 0.6 is 11.3 Å². The van der Waals surface area contributed by atoms with Gasteiger partial charge >= 0.3 is 0 Å². The minimum Gasteiger partial charge on any atom is -0.469 e. The highest BCUT2D eigenvalue weighted by molar-refractivity contribution is 7.15. The topological polar surface area (TPSA) is 117 Å². The summed E-state index contributed by atoms with van der Waals surface area (Å²) in [6, 6.07) is 8.95. The minimum absolute atomic E-state index is 0.0261. The normalized spacial score (nSPS) is 15.1. The van der Waals surface area contributed by atoms with Crippen molar-refractivity contribution in [3.05, 3.63) is 64.3 Å². The number of benzene rings is 1. The van der Waals surface area contributed by atoms with Crippen molar-refractivity contribution in [1.29, 1.82) is 0 Å². The monoisotopic (exact) mass is 485 g/mol. The first-order chi connectivity index (χ1) is 16.4. The van der Waals surface area contributed by atoms with E-state index in [0.717, 1.165) is 17.1 Å². The molecule has 2 N–H and O–H groups in total. The van der Waals surface area contributed by atoms with Gasteiger partial charge in [-0.2, -0.15) is 0 Å². The van der Waals surface area contributed by atoms with Gasteiger partial charge < -0.3 is 20.0 Å². The molecule has 2 aromatic heterocycles. The molecule has 178 valence electrons. The molecule has 3 amide bonds. The third-order valence-corrected chi connectivity index (χ3v) is 6.44. The molecule has 1 aliphatic rings. The van der Waals surface area contributed by atoms with Crippen LogP contribution in [0, 0.1) is 11.7 Å². The average Bonchev–Trinajstić information content (AvgIpc) is 3.52. The number of rotatable bonds is 7. The highest BCUT2D eigenvalue weighted by atomic mass is 32.1. The fourth-order valence-electron chi connectivity index (χ4n) is 3.74. The van der Waals surface area contributed by atoms with Crippen LogP contribution in [0.3, 0.4) is 0 Å². The molecule has 1 atom stereocenters. The lowest BCUT2D eigenvalue weighted by Crippen LogP contribution is -2.45. The van der Waals surface area contributed by atoms with Crippen molar-refractivity contribution in [2.24, 2.45) is 5.92 Å². The fraction of sp³-hybridized carbons (Fsp3) is 0.348. The SMILES string of the molecule is C[C@@H](Cc1ccco1)NC(=O)C1CCN(C(=O)c2nnc(C(=O)Nc3ccc(F)cc3)s2)CC1. The zero-order valence-corrected chi connectivity index (χ0v) is 19.3. The number of piperidine rings is 1. The number of hydrogen-bond donors (Lipinski definition) is 2. The zero-order chi connectivity index (χ0) is 24.1. The van der Waals surface area contributed by atoms with Crippen molar-refractivity contribution >= 4 is 34.7 Å². The molecule has 0 spiro atoms. The largest absolute Gasteiger partial charge is 0.469 e. The molecule has 3 aromatic rings. The standard InChI is InChI=1S/C23H24FN5O4S/c1-14(13-18-3-2-12-33-18)25-19(30)15-8-10-29(11-9-15)23(32)22-28-27-21(34-22)20(31)26-17-6-4-16(24)5-7-17/h2-7,12,14-15H,8-11,13H2,1H3,(H,25,30)(H,26,31)/t14-/m0/s1. The highest BCUT2D eigenvalue weighted by Gasteiger charge is 2.30. The molecule has 11 heteroatoms. The van der Waals surface area contributed by atoms with E-state index in [1.54, 1.807) is 11.2 Å². The first kappa shape index (κ1) is 23.6. The first-order valence-electron chi connectivity index (χ1n) is 10.9. The Balaban J connectivity index is 1.26. The zero-order valence-electron chi connectivity index (χ0n) is 18.5. The van der Waals surface area contributed by atoms with E-state index in [-0.39, 0.29) is 33.8 Å². The van der Waals surface area contributed by atoms with Crippen molar-refractivity contribution in [3.8, 4) is 0 Å². The third-order valence-electron chi connectivity index (χ3n) is 5.53. The number of halogens is 1. The van der Waals surface area contributed by atoms with Gasteiger partial charge in [0.1, 0.15) is 11.6 Å². The van der Waals surface area contributed by atoms with Crippen LogP contribution in [0.15, 0.2) is 47.1 Å². The number of furan rings is 1. The number of nitrogens with zero attached hydrogens (tertiary/aromatic N) is 3. The lowest BCUT2D eigenvalue weighted by Gasteiger charge is -2.31. The van der Waals surface area contributed by atoms with Crippen LogP contribution in [-0.4, -0.2) is 52.0 Å². The maximum atomic E-state index is 13.0. The van der Waals surface area contributed by atoms with E-state index in [1.165, 1.54) is 24.3 Å². The number of hydrogen-bond acceptors (Lipinski definition) is 7. The van der Waals surface area contributed by atoms with Gasteiger partial charge in [0, 0.05) is 37.2 Å². The summed E-state index contributed by atoms with van der Waals surface area (Å²) >= 11 is 0.895. The van der Waals surface area contributed by atoms with Gasteiger partial charge in [-0.1, -0.05) is 11.3 Å². The summed E-state index contributed by atoms with van der Waals surface area (Å²) in [5, 5.41) is 13.4. The summed E-state index contributed by atoms with van der Waals surface area (Å²) in [6.07, 6.45) is 3.31. The van der Waals surface area contributed by atoms with E-state index >= 15 is 0 Å². The number of carbonyl (C=O) groups excluding carboxylic acids is 3. The van der Waals surface area contributed by atoms with E-state index in [2.05, 4.69) is 20.8 Å². The predicted molar refractivity (Wildman–Crippen MR) is 123 cm³/mol. The van der Waals surface area contributed by atoms with E-state index in [1.807, 2.05) is 19.1 Å². The van der Waals surface area contributed by atoms with Crippen molar-refractivity contribution in [1.82, 2.24) is 20.4 Å². The summed E-state index contributed by atoms with van der Waals surface area (Å²) in [7, 11) is 0. The molecule has 0 aliphatic carbocycles. The lowest BCUT2D eigenvalue weighted by molar-refractivity contribution is -0.126. The van der Waals surface area contributed by atoms with Crippen LogP contribution in [-0.2, 0) is 11.2 Å². The number of aromatic nitrogens is 2. The maximum absolute atomic E-state index is 13.0. The molecule has 0 saturated carbocycles. The Hall–Kier alpha value is -3.60. The van der Waals surface area contributed by atoms with Gasteiger partial charge in [-0.3, -0.25) is 14.4 Å². The van der Waals surface area contributed by atoms with Gasteiger partial charge in [-0.25, -0.2) is 4.39 Å². The Morgan fingerprint density at radius 1 is 1.15 bits per heavy atom. The molecule has 0 unspecified atom stereocenters. The molecule has 3 heterocycles. The van der Waals surface area contributed by atoms with E-state index in [9.17, 15) is 18.8 Å². The molecule has 1 aliphatic heterocycles. The average molecular weight is 486 g/mol. The molecule has 1 saturated heterocycles. The van der Waals surface area contributed by atoms with Crippen molar-refractivity contribution in [2.45, 2.75) is 32.2 Å². The fourth-order valence-corrected chi connectivity index (χ4v) is 4.45. The number of carbonyl (C=O) groups is 3. The summed E-state index contributed by atoms with van der Waals surface area (Å²) < 4.78 is 18.3. The first-order valence-corrected chi connectivity index (χ1v) is 11.7. The smallest absolute Gasteiger partial charge is 0.286 e. The van der Waals surface area contributed by atoms with Crippen molar-refractivity contribution in [2.75, 3.05) is 18.4 Å². The molecule has 0 bridgehead atoms. The molecule has 4 rings (SSSR count). The predicted octanol–water partition coefficient (Wildman–Crippen LogP) is 3.12. The van der Waals surface area contributed by atoms with E-state index in [0.29, 0.717) is 38.0 Å². The molecular formula is C23H24FN5O4S. The molecule has 0 radical (unpaired) electrons. The third kappa shape index (κ3) is 5.84. The molecular weight excluding hydrogens is 461 g/mol. The Morgan fingerprint density at radius 2 is 1.85 bits per heavy atom. The molecule has 1 aromatic carbocycles. The highest BCUT2D eigenvalue weighted by Crippen LogP contribution is 2.21. The van der Waals surface area contributed by atoms with E-state index < -0.39 is 11.7 Å². The Kier molecular flexibility index (Phi) is 7.31. The minimum atomic E-state index is -0.526. The van der Waals surface area contributed by atoms with Crippen molar-refractivity contribution < 1.29 is 23.2 Å². The van der Waals surface area contributed by atoms with Crippen LogP contribution in [0.25, 0.3) is 0 Å². The Morgan fingerprint density at radius 3 is 2.53 bits per heavy atom. The Labute approximate surface area is 199 Å². The van der Waals surface area contributed by atoms with Gasteiger partial charge in [0.2, 0.25) is 15.9 Å². The molecule has 9 nitrogen and oxygen atoms in total. The van der Waals surface area contributed by atoms with Gasteiger partial charge in [0.15, 0.2) is 0 Å². The van der Waals surface area contributed by atoms with Crippen LogP contribution < -0.4 is 10.6 Å². The summed E-state index contributed by atoms with van der Waals surface area (Å²) in [6.45, 7) is 2.76. The lowest BCUT2D eigenvalue weighted by atomic mass is 9.95. The summed E-state index contributed by atoms with van der Waals surface area (Å²) in [4.78, 5) is 39.4. The van der Waals surface area contributed by atoms with E-state index in [4.69, 9.17) is 4.42 Å². The van der Waals surface area contributed by atoms with Crippen molar-refractivity contribution in [3.63, 3.8) is 0 Å². The van der Waals surface area contributed by atoms with Gasteiger partial charge in [-0.05, 0) is 56.2 Å². The summed E-state index contributed by atoms with van der Waals surface area (Å²) in [5.74, 6) is -0.635. The quantitative estimate of drug-likeness (QED) is 0.531. The second kappa shape index (κ2) is 10.6. The molecule has 1 fully saturated rings. The summed E-state index contributed by atoms with van der Waals surface area (Å²) in [5.41, 5.74) is 0.410. The van der Waals surface area contributed by atoms with Crippen LogP contribution in [0.1, 0.15) is 45.1 Å². The Bertz CT molecular complexity index is 1140. The molecule has 34 heavy (non-hydrogen) atoms. The second-order valence-corrected chi connectivity index (χ2v) is 9.11. The number of anilines is 1. The number of likely N-dealkylation sites (tertiary alicyclic amines) is 1. The maximum Gasteiger partial charge on any atom is 0.286 e. The van der Waals surface area contributed by atoms with Crippen LogP contribution in [0.2, 0.25) is 0 Å². The van der Waals surface area contributed by atoms with Gasteiger partial charge in [-0.15, -0.1) is 10.2 Å².